The highest BCUT2D eigenvalue weighted by molar-refractivity contribution is 14.0. The van der Waals surface area contributed by atoms with Gasteiger partial charge in [0.2, 0.25) is 5.91 Å². The molecule has 0 spiro atoms. The molecule has 0 saturated carbocycles. The summed E-state index contributed by atoms with van der Waals surface area (Å²) >= 11 is 0. The van der Waals surface area contributed by atoms with E-state index in [1.165, 1.54) is 12.1 Å². The fourth-order valence-corrected chi connectivity index (χ4v) is 3.06. The van der Waals surface area contributed by atoms with Crippen LogP contribution in [0.15, 0.2) is 72.0 Å². The Kier molecular flexibility index (Phi) is 10.1. The molecule has 0 fully saturated rings. The summed E-state index contributed by atoms with van der Waals surface area (Å²) in [4.78, 5) is 18.9. The number of hydrogen-bond donors (Lipinski definition) is 2. The molecule has 0 bridgehead atoms. The molecule has 0 radical (unpaired) electrons. The summed E-state index contributed by atoms with van der Waals surface area (Å²) in [6.45, 7) is 3.97. The molecule has 32 heavy (non-hydrogen) atoms. The summed E-state index contributed by atoms with van der Waals surface area (Å²) in [6, 6.07) is 15.9. The monoisotopic (exact) mass is 550 g/mol. The highest BCUT2D eigenvalue weighted by Crippen LogP contribution is 2.12. The van der Waals surface area contributed by atoms with Gasteiger partial charge in [-0.15, -0.1) is 24.0 Å². The number of hydrogen-bond acceptors (Lipinski definition) is 3. The van der Waals surface area contributed by atoms with Crippen molar-refractivity contribution < 1.29 is 9.18 Å². The van der Waals surface area contributed by atoms with Gasteiger partial charge >= 0.3 is 0 Å². The maximum Gasteiger partial charge on any atom is 0.246 e. The van der Waals surface area contributed by atoms with Crippen LogP contribution in [0.3, 0.4) is 0 Å². The number of nitrogens with one attached hydrogen (secondary N) is 2. The summed E-state index contributed by atoms with van der Waals surface area (Å²) in [5, 5.41) is 10.2. The van der Waals surface area contributed by atoms with Gasteiger partial charge in [0.25, 0.3) is 0 Å². The third kappa shape index (κ3) is 7.95. The van der Waals surface area contributed by atoms with E-state index in [1.54, 1.807) is 35.3 Å². The first-order valence-electron chi connectivity index (χ1n) is 10.1. The van der Waals surface area contributed by atoms with Crippen molar-refractivity contribution in [2.45, 2.75) is 26.6 Å². The highest BCUT2D eigenvalue weighted by Gasteiger charge is 2.08. The van der Waals surface area contributed by atoms with E-state index >= 15 is 0 Å². The number of amides is 1. The van der Waals surface area contributed by atoms with E-state index in [-0.39, 0.29) is 42.2 Å². The molecule has 3 aromatic rings. The van der Waals surface area contributed by atoms with E-state index in [0.717, 1.165) is 29.3 Å². The smallest absolute Gasteiger partial charge is 0.246 e. The van der Waals surface area contributed by atoms with Gasteiger partial charge in [-0.25, -0.2) is 9.38 Å². The van der Waals surface area contributed by atoms with Crippen molar-refractivity contribution in [3.63, 3.8) is 0 Å². The molecule has 170 valence electrons. The first kappa shape index (κ1) is 25.3. The molecular formula is C23H28FIN6O. The normalized spacial score (nSPS) is 10.9. The maximum atomic E-state index is 13.1. The third-order valence-electron chi connectivity index (χ3n) is 4.52. The topological polar surface area (TPSA) is 74.5 Å². The number of nitrogens with zero attached hydrogens (tertiary/aromatic N) is 4. The van der Waals surface area contributed by atoms with Gasteiger partial charge in [-0.2, -0.15) is 5.10 Å². The van der Waals surface area contributed by atoms with Gasteiger partial charge < -0.3 is 15.5 Å². The molecule has 0 atom stereocenters. The van der Waals surface area contributed by atoms with Crippen molar-refractivity contribution in [2.75, 3.05) is 18.9 Å². The molecule has 0 aliphatic carbocycles. The Labute approximate surface area is 204 Å². The number of benzene rings is 2. The lowest BCUT2D eigenvalue weighted by Crippen LogP contribution is -2.38. The Morgan fingerprint density at radius 2 is 1.94 bits per heavy atom. The quantitative estimate of drug-likeness (QED) is 0.254. The highest BCUT2D eigenvalue weighted by atomic mass is 127. The average molecular weight is 550 g/mol. The summed E-state index contributed by atoms with van der Waals surface area (Å²) in [7, 11) is 1.94. The van der Waals surface area contributed by atoms with E-state index < -0.39 is 0 Å². The first-order chi connectivity index (χ1) is 15.0. The Bertz CT molecular complexity index is 1010. The van der Waals surface area contributed by atoms with E-state index in [2.05, 4.69) is 15.7 Å². The minimum atomic E-state index is -0.247. The van der Waals surface area contributed by atoms with Crippen LogP contribution in [0.2, 0.25) is 0 Å². The minimum absolute atomic E-state index is 0. The second kappa shape index (κ2) is 12.8. The van der Waals surface area contributed by atoms with Crippen molar-refractivity contribution >= 4 is 41.5 Å². The molecule has 0 unspecified atom stereocenters. The predicted molar refractivity (Wildman–Crippen MR) is 135 cm³/mol. The number of anilines is 1. The summed E-state index contributed by atoms with van der Waals surface area (Å²) < 4.78 is 14.7. The molecule has 1 aromatic heterocycles. The molecule has 1 amide bonds. The zero-order chi connectivity index (χ0) is 22.1. The molecular weight excluding hydrogens is 522 g/mol. The number of aliphatic imine (C=N–C) groups is 1. The molecule has 0 aliphatic rings. The lowest BCUT2D eigenvalue weighted by molar-refractivity contribution is -0.116. The Morgan fingerprint density at radius 3 is 2.62 bits per heavy atom. The molecule has 7 nitrogen and oxygen atoms in total. The Balaban J connectivity index is 0.00000363. The third-order valence-corrected chi connectivity index (χ3v) is 4.52. The van der Waals surface area contributed by atoms with E-state index in [0.29, 0.717) is 13.1 Å². The number of halogens is 2. The molecule has 2 aromatic carbocycles. The largest absolute Gasteiger partial charge is 0.357 e. The van der Waals surface area contributed by atoms with Gasteiger partial charge in [-0.05, 0) is 48.4 Å². The van der Waals surface area contributed by atoms with Crippen molar-refractivity contribution in [1.29, 1.82) is 0 Å². The van der Waals surface area contributed by atoms with Crippen molar-refractivity contribution in [3.05, 3.63) is 83.9 Å². The van der Waals surface area contributed by atoms with Crippen LogP contribution in [0.25, 0.3) is 0 Å². The van der Waals surface area contributed by atoms with Gasteiger partial charge in [-0.1, -0.05) is 24.3 Å². The first-order valence-corrected chi connectivity index (χ1v) is 10.1. The summed E-state index contributed by atoms with van der Waals surface area (Å²) in [5.41, 5.74) is 2.69. The fraction of sp³-hybridized carbons (Fsp3) is 0.261. The van der Waals surface area contributed by atoms with Crippen LogP contribution in [0, 0.1) is 5.82 Å². The molecule has 2 N–H and O–H groups in total. The average Bonchev–Trinajstić information content (AvgIpc) is 3.26. The van der Waals surface area contributed by atoms with Crippen LogP contribution in [0.4, 0.5) is 10.1 Å². The van der Waals surface area contributed by atoms with Crippen LogP contribution < -0.4 is 10.6 Å². The van der Waals surface area contributed by atoms with Crippen LogP contribution >= 0.6 is 24.0 Å². The number of carbonyl (C=O) groups excluding carboxylic acids is 1. The van der Waals surface area contributed by atoms with E-state index in [9.17, 15) is 9.18 Å². The van der Waals surface area contributed by atoms with Gasteiger partial charge in [0.05, 0.1) is 6.54 Å². The van der Waals surface area contributed by atoms with Gasteiger partial charge in [-0.3, -0.25) is 9.48 Å². The van der Waals surface area contributed by atoms with Crippen molar-refractivity contribution in [1.82, 2.24) is 20.0 Å². The zero-order valence-corrected chi connectivity index (χ0v) is 20.5. The number of aromatic nitrogens is 2. The maximum absolute atomic E-state index is 13.1. The zero-order valence-electron chi connectivity index (χ0n) is 18.2. The summed E-state index contributed by atoms with van der Waals surface area (Å²) in [6.07, 6.45) is 3.39. The molecule has 0 saturated heterocycles. The standard InChI is InChI=1S/C23H27FN6O.HI/c1-3-25-23(29(2)16-18-8-10-20(24)11-9-18)26-15-19-6-4-7-21(14-19)28-22(31)17-30-13-5-12-27-30;/h4-14H,3,15-17H2,1-2H3,(H,25,26)(H,28,31);1H. The van der Waals surface area contributed by atoms with E-state index in [1.807, 2.05) is 43.1 Å². The molecule has 3 rings (SSSR count). The van der Waals surface area contributed by atoms with Crippen LogP contribution in [0.5, 0.6) is 0 Å². The lowest BCUT2D eigenvalue weighted by atomic mass is 10.2. The van der Waals surface area contributed by atoms with Crippen LogP contribution in [0.1, 0.15) is 18.1 Å². The lowest BCUT2D eigenvalue weighted by Gasteiger charge is -2.22. The number of carbonyl (C=O) groups is 1. The second-order valence-electron chi connectivity index (χ2n) is 7.10. The molecule has 9 heteroatoms. The van der Waals surface area contributed by atoms with Crippen molar-refractivity contribution in [3.8, 4) is 0 Å². The fourth-order valence-electron chi connectivity index (χ4n) is 3.06. The van der Waals surface area contributed by atoms with Gasteiger partial charge in [0.15, 0.2) is 5.96 Å². The predicted octanol–water partition coefficient (Wildman–Crippen LogP) is 3.88. The van der Waals surface area contributed by atoms with Gasteiger partial charge in [0.1, 0.15) is 12.4 Å². The van der Waals surface area contributed by atoms with Crippen LogP contribution in [-0.4, -0.2) is 40.1 Å². The summed E-state index contributed by atoms with van der Waals surface area (Å²) in [5.74, 6) is 0.361. The molecule has 1 heterocycles. The molecule has 0 aliphatic heterocycles. The van der Waals surface area contributed by atoms with Crippen molar-refractivity contribution in [2.24, 2.45) is 4.99 Å². The number of guanidine groups is 1. The Morgan fingerprint density at radius 1 is 1.16 bits per heavy atom. The van der Waals surface area contributed by atoms with Crippen LogP contribution in [-0.2, 0) is 24.4 Å². The minimum Gasteiger partial charge on any atom is -0.357 e. The van der Waals surface area contributed by atoms with E-state index in [4.69, 9.17) is 4.99 Å². The van der Waals surface area contributed by atoms with Gasteiger partial charge in [0, 0.05) is 38.2 Å². The Hall–Kier alpha value is -2.95. The SMILES string of the molecule is CCNC(=NCc1cccc(NC(=O)Cn2cccn2)c1)N(C)Cc1ccc(F)cc1.I. The second-order valence-corrected chi connectivity index (χ2v) is 7.10. The number of rotatable bonds is 8.